The molecule has 2 atom stereocenters. The number of hydrogen-bond donors (Lipinski definition) is 1. The highest BCUT2D eigenvalue weighted by Gasteiger charge is 2.32. The quantitative estimate of drug-likeness (QED) is 0.837. The summed E-state index contributed by atoms with van der Waals surface area (Å²) in [7, 11) is 0. The van der Waals surface area contributed by atoms with Gasteiger partial charge in [-0.2, -0.15) is 0 Å². The van der Waals surface area contributed by atoms with Gasteiger partial charge in [-0.25, -0.2) is 0 Å². The summed E-state index contributed by atoms with van der Waals surface area (Å²) in [5.74, 6) is 0.0231. The molecule has 0 bridgehead atoms. The average Bonchev–Trinajstić information content (AvgIpc) is 3.42. The van der Waals surface area contributed by atoms with Crippen molar-refractivity contribution < 1.29 is 9.53 Å². The van der Waals surface area contributed by atoms with E-state index in [-0.39, 0.29) is 11.9 Å². The Balaban J connectivity index is 1.27. The van der Waals surface area contributed by atoms with Gasteiger partial charge in [-0.3, -0.25) is 9.69 Å². The van der Waals surface area contributed by atoms with Crippen LogP contribution in [0.15, 0.2) is 36.4 Å². The van der Waals surface area contributed by atoms with Gasteiger partial charge in [0, 0.05) is 55.7 Å². The van der Waals surface area contributed by atoms with Crippen molar-refractivity contribution in [2.45, 2.75) is 57.2 Å². The summed E-state index contributed by atoms with van der Waals surface area (Å²) in [6.45, 7) is 7.36. The largest absolute Gasteiger partial charge is 0.381 e. The number of nitrogens with zero attached hydrogens (tertiary/aromatic N) is 2. The van der Waals surface area contributed by atoms with E-state index in [0.29, 0.717) is 6.04 Å². The molecule has 0 saturated carbocycles. The summed E-state index contributed by atoms with van der Waals surface area (Å²) in [6.07, 6.45) is 5.74. The zero-order valence-corrected chi connectivity index (χ0v) is 18.0. The van der Waals surface area contributed by atoms with Gasteiger partial charge in [-0.05, 0) is 80.6 Å². The van der Waals surface area contributed by atoms with E-state index in [1.54, 1.807) is 0 Å². The molecule has 0 radical (unpaired) electrons. The molecule has 3 fully saturated rings. The predicted molar refractivity (Wildman–Crippen MR) is 121 cm³/mol. The normalized spacial score (nSPS) is 25.8. The number of carbonyl (C=O) groups is 1. The van der Waals surface area contributed by atoms with Crippen molar-refractivity contribution in [3.63, 3.8) is 0 Å². The zero-order chi connectivity index (χ0) is 20.5. The number of hydrogen-bond acceptors (Lipinski definition) is 4. The Bertz CT molecular complexity index is 908. The lowest BCUT2D eigenvalue weighted by atomic mass is 10.0. The molecule has 30 heavy (non-hydrogen) atoms. The van der Waals surface area contributed by atoms with E-state index < -0.39 is 0 Å². The Kier molecular flexibility index (Phi) is 5.66. The summed E-state index contributed by atoms with van der Waals surface area (Å²) in [6, 6.07) is 14.4. The number of anilines is 1. The molecule has 3 aliphatic heterocycles. The Morgan fingerprint density at radius 3 is 2.60 bits per heavy atom. The van der Waals surface area contributed by atoms with Crippen molar-refractivity contribution in [3.05, 3.63) is 42.0 Å². The Hall–Kier alpha value is -2.11. The third-order valence-corrected chi connectivity index (χ3v) is 7.24. The highest BCUT2D eigenvalue weighted by Crippen LogP contribution is 2.30. The van der Waals surface area contributed by atoms with Crippen molar-refractivity contribution >= 4 is 22.4 Å². The number of ether oxygens (including phenoxy) is 1. The Morgan fingerprint density at radius 2 is 1.80 bits per heavy atom. The maximum Gasteiger partial charge on any atom is 0.251 e. The number of rotatable bonds is 4. The van der Waals surface area contributed by atoms with Gasteiger partial charge >= 0.3 is 0 Å². The van der Waals surface area contributed by atoms with E-state index in [1.807, 2.05) is 12.1 Å². The molecule has 1 N–H and O–H groups in total. The lowest BCUT2D eigenvalue weighted by Gasteiger charge is -2.28. The topological polar surface area (TPSA) is 44.8 Å². The molecule has 3 aliphatic rings. The van der Waals surface area contributed by atoms with Crippen LogP contribution in [0.2, 0.25) is 0 Å². The average molecular weight is 408 g/mol. The van der Waals surface area contributed by atoms with E-state index in [2.05, 4.69) is 46.3 Å². The highest BCUT2D eigenvalue weighted by atomic mass is 16.5. The second-order valence-corrected chi connectivity index (χ2v) is 9.22. The molecule has 2 aromatic rings. The van der Waals surface area contributed by atoms with Crippen LogP contribution in [-0.4, -0.2) is 61.8 Å². The minimum absolute atomic E-state index is 0.0231. The summed E-state index contributed by atoms with van der Waals surface area (Å²) < 4.78 is 5.38. The van der Waals surface area contributed by atoms with E-state index in [1.165, 1.54) is 36.9 Å². The SMILES string of the molecule is C[C@H]1CCCN1[C@H]1CCN(c2ccc3cc(C(=O)NC4CCOCC4)ccc3c2)C1. The summed E-state index contributed by atoms with van der Waals surface area (Å²) in [4.78, 5) is 17.9. The molecular formula is C25H33N3O2. The first-order chi connectivity index (χ1) is 14.7. The lowest BCUT2D eigenvalue weighted by Crippen LogP contribution is -2.39. The summed E-state index contributed by atoms with van der Waals surface area (Å²) in [5.41, 5.74) is 2.04. The van der Waals surface area contributed by atoms with Crippen LogP contribution in [0.4, 0.5) is 5.69 Å². The smallest absolute Gasteiger partial charge is 0.251 e. The molecule has 0 aliphatic carbocycles. The number of benzene rings is 2. The first kappa shape index (κ1) is 19.8. The van der Waals surface area contributed by atoms with Crippen LogP contribution in [0.5, 0.6) is 0 Å². The van der Waals surface area contributed by atoms with Gasteiger partial charge in [0.25, 0.3) is 5.91 Å². The first-order valence-electron chi connectivity index (χ1n) is 11.6. The van der Waals surface area contributed by atoms with Crippen molar-refractivity contribution in [2.24, 2.45) is 0 Å². The van der Waals surface area contributed by atoms with Crippen LogP contribution in [-0.2, 0) is 4.74 Å². The first-order valence-corrected chi connectivity index (χ1v) is 11.6. The number of carbonyl (C=O) groups excluding carboxylic acids is 1. The van der Waals surface area contributed by atoms with Gasteiger partial charge < -0.3 is 15.0 Å². The number of fused-ring (bicyclic) bond motifs is 1. The van der Waals surface area contributed by atoms with Gasteiger partial charge in [-0.15, -0.1) is 0 Å². The van der Waals surface area contributed by atoms with Crippen molar-refractivity contribution in [3.8, 4) is 0 Å². The van der Waals surface area contributed by atoms with Crippen LogP contribution in [0.3, 0.4) is 0 Å². The van der Waals surface area contributed by atoms with Crippen LogP contribution >= 0.6 is 0 Å². The molecule has 0 spiro atoms. The molecule has 5 heteroatoms. The summed E-state index contributed by atoms with van der Waals surface area (Å²) in [5, 5.41) is 5.49. The second kappa shape index (κ2) is 8.56. The summed E-state index contributed by atoms with van der Waals surface area (Å²) >= 11 is 0. The number of nitrogens with one attached hydrogen (secondary N) is 1. The van der Waals surface area contributed by atoms with Gasteiger partial charge in [-0.1, -0.05) is 12.1 Å². The van der Waals surface area contributed by atoms with E-state index >= 15 is 0 Å². The van der Waals surface area contributed by atoms with Crippen molar-refractivity contribution in [1.82, 2.24) is 10.2 Å². The third-order valence-electron chi connectivity index (χ3n) is 7.24. The maximum absolute atomic E-state index is 12.7. The van der Waals surface area contributed by atoms with Crippen LogP contribution in [0.25, 0.3) is 10.8 Å². The second-order valence-electron chi connectivity index (χ2n) is 9.22. The van der Waals surface area contributed by atoms with Gasteiger partial charge in [0.2, 0.25) is 0 Å². The molecular weight excluding hydrogens is 374 g/mol. The minimum atomic E-state index is 0.0231. The van der Waals surface area contributed by atoms with Crippen molar-refractivity contribution in [2.75, 3.05) is 37.7 Å². The minimum Gasteiger partial charge on any atom is -0.381 e. The third kappa shape index (κ3) is 4.06. The Morgan fingerprint density at radius 1 is 1.00 bits per heavy atom. The van der Waals surface area contributed by atoms with E-state index in [9.17, 15) is 4.79 Å². The van der Waals surface area contributed by atoms with Gasteiger partial charge in [0.05, 0.1) is 0 Å². The van der Waals surface area contributed by atoms with Crippen LogP contribution in [0, 0.1) is 0 Å². The molecule has 0 aromatic heterocycles. The molecule has 3 saturated heterocycles. The molecule has 5 nitrogen and oxygen atoms in total. The predicted octanol–water partition coefficient (Wildman–Crippen LogP) is 3.81. The molecule has 2 aromatic carbocycles. The number of amides is 1. The fourth-order valence-corrected chi connectivity index (χ4v) is 5.43. The number of likely N-dealkylation sites (tertiary alicyclic amines) is 1. The molecule has 1 amide bonds. The Labute approximate surface area is 179 Å². The van der Waals surface area contributed by atoms with Crippen molar-refractivity contribution in [1.29, 1.82) is 0 Å². The molecule has 160 valence electrons. The van der Waals surface area contributed by atoms with Gasteiger partial charge in [0.15, 0.2) is 0 Å². The lowest BCUT2D eigenvalue weighted by molar-refractivity contribution is 0.0696. The van der Waals surface area contributed by atoms with Crippen LogP contribution < -0.4 is 10.2 Å². The monoisotopic (exact) mass is 407 g/mol. The van der Waals surface area contributed by atoms with Gasteiger partial charge in [0.1, 0.15) is 0 Å². The zero-order valence-electron chi connectivity index (χ0n) is 18.0. The fourth-order valence-electron chi connectivity index (χ4n) is 5.43. The highest BCUT2D eigenvalue weighted by molar-refractivity contribution is 5.99. The van der Waals surface area contributed by atoms with E-state index in [4.69, 9.17) is 4.74 Å². The molecule has 3 heterocycles. The molecule has 5 rings (SSSR count). The van der Waals surface area contributed by atoms with E-state index in [0.717, 1.165) is 56.1 Å². The molecule has 0 unspecified atom stereocenters. The fraction of sp³-hybridized carbons (Fsp3) is 0.560. The van der Waals surface area contributed by atoms with Crippen LogP contribution in [0.1, 0.15) is 49.4 Å². The standard InChI is InChI=1S/C25H33N3O2/c1-18-3-2-11-28(18)24-8-12-27(17-24)23-7-6-19-15-21(5-4-20(19)16-23)25(29)26-22-9-13-30-14-10-22/h4-7,15-16,18,22,24H,2-3,8-14,17H2,1H3,(H,26,29)/t18-,24-/m0/s1. The maximum atomic E-state index is 12.7.